The number of benzene rings is 1. The topological polar surface area (TPSA) is 35.2 Å². The summed E-state index contributed by atoms with van der Waals surface area (Å²) < 4.78 is 6.00. The summed E-state index contributed by atoms with van der Waals surface area (Å²) in [5.74, 6) is 0.876. The Kier molecular flexibility index (Phi) is 4.39. The van der Waals surface area contributed by atoms with Crippen LogP contribution >= 0.6 is 11.3 Å². The number of aryl methyl sites for hydroxylation is 1. The average molecular weight is 261 g/mol. The fourth-order valence-corrected chi connectivity index (χ4v) is 2.55. The zero-order chi connectivity index (χ0) is 13.0. The minimum Gasteiger partial charge on any atom is -0.484 e. The molecule has 2 N–H and O–H groups in total. The minimum atomic E-state index is -0.0799. The fourth-order valence-electron chi connectivity index (χ4n) is 1.87. The third-order valence-electron chi connectivity index (χ3n) is 2.94. The first-order valence-electron chi connectivity index (χ1n) is 6.24. The van der Waals surface area contributed by atoms with E-state index in [1.165, 1.54) is 5.56 Å². The Morgan fingerprint density at radius 2 is 1.94 bits per heavy atom. The van der Waals surface area contributed by atoms with Gasteiger partial charge < -0.3 is 10.5 Å². The first-order chi connectivity index (χ1) is 8.70. The quantitative estimate of drug-likeness (QED) is 0.889. The maximum absolute atomic E-state index is 6.01. The lowest BCUT2D eigenvalue weighted by Crippen LogP contribution is -2.28. The van der Waals surface area contributed by atoms with Crippen LogP contribution in [-0.2, 0) is 6.42 Å². The van der Waals surface area contributed by atoms with Gasteiger partial charge in [-0.1, -0.05) is 19.1 Å². The lowest BCUT2D eigenvalue weighted by Gasteiger charge is -2.22. The number of hydrogen-bond donors (Lipinski definition) is 1. The highest BCUT2D eigenvalue weighted by Gasteiger charge is 2.18. The highest BCUT2D eigenvalue weighted by molar-refractivity contribution is 7.07. The lowest BCUT2D eigenvalue weighted by atomic mass is 10.1. The molecule has 18 heavy (non-hydrogen) atoms. The molecule has 2 unspecified atom stereocenters. The van der Waals surface area contributed by atoms with Crippen molar-refractivity contribution in [2.75, 3.05) is 0 Å². The van der Waals surface area contributed by atoms with Gasteiger partial charge in [-0.3, -0.25) is 0 Å². The van der Waals surface area contributed by atoms with Crippen molar-refractivity contribution in [1.82, 2.24) is 0 Å². The van der Waals surface area contributed by atoms with Gasteiger partial charge in [-0.2, -0.15) is 11.3 Å². The fraction of sp³-hybridized carbons (Fsp3) is 0.333. The second-order valence-corrected chi connectivity index (χ2v) is 5.23. The van der Waals surface area contributed by atoms with Crippen LogP contribution in [0.4, 0.5) is 0 Å². The van der Waals surface area contributed by atoms with Crippen molar-refractivity contribution in [3.05, 3.63) is 52.2 Å². The smallest absolute Gasteiger partial charge is 0.139 e. The third kappa shape index (κ3) is 3.12. The molecule has 2 rings (SSSR count). The molecule has 1 aromatic carbocycles. The van der Waals surface area contributed by atoms with Crippen LogP contribution in [0.1, 0.15) is 31.1 Å². The van der Waals surface area contributed by atoms with Crippen LogP contribution in [0.3, 0.4) is 0 Å². The van der Waals surface area contributed by atoms with E-state index in [9.17, 15) is 0 Å². The van der Waals surface area contributed by atoms with Crippen molar-refractivity contribution >= 4 is 11.3 Å². The predicted octanol–water partition coefficient (Wildman–Crippen LogP) is 3.78. The number of rotatable bonds is 5. The van der Waals surface area contributed by atoms with Crippen LogP contribution in [0.25, 0.3) is 0 Å². The van der Waals surface area contributed by atoms with Crippen LogP contribution in [0.5, 0.6) is 5.75 Å². The molecule has 0 radical (unpaired) electrons. The molecule has 3 heteroatoms. The highest BCUT2D eigenvalue weighted by atomic mass is 32.1. The molecule has 0 bridgehead atoms. The molecule has 2 nitrogen and oxygen atoms in total. The molecule has 2 atom stereocenters. The molecular weight excluding hydrogens is 242 g/mol. The van der Waals surface area contributed by atoms with E-state index >= 15 is 0 Å². The van der Waals surface area contributed by atoms with E-state index in [0.29, 0.717) is 0 Å². The Morgan fingerprint density at radius 1 is 1.22 bits per heavy atom. The second kappa shape index (κ2) is 6.03. The van der Waals surface area contributed by atoms with Crippen molar-refractivity contribution in [3.8, 4) is 5.75 Å². The molecule has 2 aromatic rings. The van der Waals surface area contributed by atoms with E-state index < -0.39 is 0 Å². The molecule has 0 amide bonds. The predicted molar refractivity (Wildman–Crippen MR) is 77.2 cm³/mol. The molecule has 1 aromatic heterocycles. The molecule has 0 saturated carbocycles. The molecule has 1 heterocycles. The average Bonchev–Trinajstić information content (AvgIpc) is 2.90. The molecule has 0 aliphatic rings. The van der Waals surface area contributed by atoms with E-state index in [1.807, 2.05) is 24.4 Å². The molecular formula is C15H19NOS. The van der Waals surface area contributed by atoms with Gasteiger partial charge in [0.1, 0.15) is 11.9 Å². The summed E-state index contributed by atoms with van der Waals surface area (Å²) in [6.45, 7) is 4.12. The van der Waals surface area contributed by atoms with E-state index in [-0.39, 0.29) is 12.1 Å². The second-order valence-electron chi connectivity index (χ2n) is 4.45. The molecule has 0 aliphatic heterocycles. The van der Waals surface area contributed by atoms with Crippen molar-refractivity contribution in [2.45, 2.75) is 32.4 Å². The van der Waals surface area contributed by atoms with E-state index in [0.717, 1.165) is 17.7 Å². The summed E-state index contributed by atoms with van der Waals surface area (Å²) in [6.07, 6.45) is 0.963. The van der Waals surface area contributed by atoms with Crippen molar-refractivity contribution in [2.24, 2.45) is 5.73 Å². The summed E-state index contributed by atoms with van der Waals surface area (Å²) in [4.78, 5) is 0. The minimum absolute atomic E-state index is 0.0366. The van der Waals surface area contributed by atoms with Crippen LogP contribution in [0, 0.1) is 0 Å². The summed E-state index contributed by atoms with van der Waals surface area (Å²) >= 11 is 1.67. The van der Waals surface area contributed by atoms with Crippen molar-refractivity contribution < 1.29 is 4.74 Å². The Hall–Kier alpha value is -1.32. The van der Waals surface area contributed by atoms with Gasteiger partial charge in [-0.25, -0.2) is 0 Å². The van der Waals surface area contributed by atoms with Gasteiger partial charge in [0.15, 0.2) is 0 Å². The van der Waals surface area contributed by atoms with E-state index in [4.69, 9.17) is 10.5 Å². The van der Waals surface area contributed by atoms with Gasteiger partial charge in [0.05, 0.1) is 0 Å². The number of hydrogen-bond acceptors (Lipinski definition) is 3. The number of nitrogens with two attached hydrogens (primary N) is 1. The van der Waals surface area contributed by atoms with Gasteiger partial charge in [0.25, 0.3) is 0 Å². The summed E-state index contributed by atoms with van der Waals surface area (Å²) in [5, 5.41) is 4.14. The molecule has 0 aliphatic carbocycles. The van der Waals surface area contributed by atoms with Crippen LogP contribution < -0.4 is 10.5 Å². The maximum Gasteiger partial charge on any atom is 0.139 e. The summed E-state index contributed by atoms with van der Waals surface area (Å²) in [7, 11) is 0. The Labute approximate surface area is 112 Å². The SMILES string of the molecule is CCc1ccc(OC(c2ccsc2)C(C)N)cc1. The van der Waals surface area contributed by atoms with Crippen LogP contribution in [0.15, 0.2) is 41.1 Å². The van der Waals surface area contributed by atoms with Crippen molar-refractivity contribution in [1.29, 1.82) is 0 Å². The summed E-state index contributed by atoms with van der Waals surface area (Å²) in [6, 6.07) is 10.3. The standard InChI is InChI=1S/C15H19NOS/c1-3-12-4-6-14(7-5-12)17-15(11(2)16)13-8-9-18-10-13/h4-11,15H,3,16H2,1-2H3. The lowest BCUT2D eigenvalue weighted by molar-refractivity contribution is 0.181. The monoisotopic (exact) mass is 261 g/mol. The number of ether oxygens (including phenoxy) is 1. The maximum atomic E-state index is 6.01. The molecule has 0 fully saturated rings. The van der Waals surface area contributed by atoms with Gasteiger partial charge in [-0.05, 0) is 47.9 Å². The molecule has 0 saturated heterocycles. The van der Waals surface area contributed by atoms with Gasteiger partial charge in [0.2, 0.25) is 0 Å². The molecule has 0 spiro atoms. The summed E-state index contributed by atoms with van der Waals surface area (Å²) in [5.41, 5.74) is 8.47. The Balaban J connectivity index is 2.13. The molecule has 96 valence electrons. The number of thiophene rings is 1. The van der Waals surface area contributed by atoms with Crippen LogP contribution in [-0.4, -0.2) is 6.04 Å². The largest absolute Gasteiger partial charge is 0.484 e. The first-order valence-corrected chi connectivity index (χ1v) is 7.18. The van der Waals surface area contributed by atoms with Gasteiger partial charge >= 0.3 is 0 Å². The zero-order valence-corrected chi connectivity index (χ0v) is 11.6. The van der Waals surface area contributed by atoms with Crippen LogP contribution in [0.2, 0.25) is 0 Å². The first kappa shape index (κ1) is 13.1. The van der Waals surface area contributed by atoms with Gasteiger partial charge in [-0.15, -0.1) is 0 Å². The van der Waals surface area contributed by atoms with Crippen molar-refractivity contribution in [3.63, 3.8) is 0 Å². The third-order valence-corrected chi connectivity index (χ3v) is 3.65. The highest BCUT2D eigenvalue weighted by Crippen LogP contribution is 2.26. The van der Waals surface area contributed by atoms with E-state index in [2.05, 4.69) is 30.5 Å². The Morgan fingerprint density at radius 3 is 2.44 bits per heavy atom. The van der Waals surface area contributed by atoms with E-state index in [1.54, 1.807) is 11.3 Å². The van der Waals surface area contributed by atoms with Gasteiger partial charge in [0, 0.05) is 11.6 Å². The Bertz CT molecular complexity index is 462. The normalized spacial score (nSPS) is 14.2. The zero-order valence-electron chi connectivity index (χ0n) is 10.8.